The fourth-order valence-corrected chi connectivity index (χ4v) is 2.58. The lowest BCUT2D eigenvalue weighted by Gasteiger charge is -2.02. The molecule has 4 nitrogen and oxygen atoms in total. The van der Waals surface area contributed by atoms with Crippen LogP contribution in [0, 0.1) is 11.8 Å². The lowest BCUT2D eigenvalue weighted by atomic mass is 10.2. The van der Waals surface area contributed by atoms with Crippen LogP contribution in [0.5, 0.6) is 0 Å². The van der Waals surface area contributed by atoms with Gasteiger partial charge in [-0.2, -0.15) is 0 Å². The summed E-state index contributed by atoms with van der Waals surface area (Å²) in [5.41, 5.74) is 0.348. The van der Waals surface area contributed by atoms with E-state index < -0.39 is 0 Å². The number of thiazole rings is 1. The van der Waals surface area contributed by atoms with E-state index in [-0.39, 0.29) is 12.5 Å². The molecule has 0 saturated heterocycles. The fourth-order valence-electron chi connectivity index (χ4n) is 1.37. The first kappa shape index (κ1) is 14.8. The first-order valence-corrected chi connectivity index (χ1v) is 6.99. The van der Waals surface area contributed by atoms with Crippen LogP contribution in [0.3, 0.4) is 0 Å². The molecule has 0 unspecified atom stereocenters. The summed E-state index contributed by atoms with van der Waals surface area (Å²) < 4.78 is 0. The van der Waals surface area contributed by atoms with Crippen LogP contribution in [0.25, 0.3) is 0 Å². The summed E-state index contributed by atoms with van der Waals surface area (Å²) in [6, 6.07) is 4.58. The van der Waals surface area contributed by atoms with Crippen LogP contribution in [0.4, 0.5) is 5.13 Å². The Labute approximate surface area is 129 Å². The number of nitrogens with zero attached hydrogens (tertiary/aromatic N) is 1. The van der Waals surface area contributed by atoms with E-state index in [1.807, 2.05) is 0 Å². The minimum Gasteiger partial charge on any atom is -0.384 e. The summed E-state index contributed by atoms with van der Waals surface area (Å²) in [4.78, 5) is 16.7. The number of hydrogen-bond donors (Lipinski definition) is 2. The van der Waals surface area contributed by atoms with Gasteiger partial charge in [-0.25, -0.2) is 4.98 Å². The molecule has 1 heterocycles. The standard InChI is InChI=1S/C13H8Cl2N2O2S/c14-9-4-8(5-10(15)6-9)12(19)17-13-16-7-11(20-13)2-1-3-18/h4-7,18H,3H2,(H,16,17,19). The molecule has 2 N–H and O–H groups in total. The van der Waals surface area contributed by atoms with Crippen LogP contribution >= 0.6 is 34.5 Å². The van der Waals surface area contributed by atoms with E-state index in [1.54, 1.807) is 6.07 Å². The van der Waals surface area contributed by atoms with E-state index in [9.17, 15) is 4.79 Å². The maximum Gasteiger partial charge on any atom is 0.257 e. The predicted octanol–water partition coefficient (Wildman–Crippen LogP) is 3.05. The predicted molar refractivity (Wildman–Crippen MR) is 80.5 cm³/mol. The second-order valence-electron chi connectivity index (χ2n) is 3.60. The maximum absolute atomic E-state index is 12.0. The topological polar surface area (TPSA) is 62.2 Å². The molecule has 102 valence electrons. The van der Waals surface area contributed by atoms with E-state index in [1.165, 1.54) is 29.7 Å². The number of aromatic nitrogens is 1. The summed E-state index contributed by atoms with van der Waals surface area (Å²) in [7, 11) is 0. The number of aliphatic hydroxyl groups excluding tert-OH is 1. The van der Waals surface area contributed by atoms with Gasteiger partial charge < -0.3 is 5.11 Å². The number of carbonyl (C=O) groups is 1. The van der Waals surface area contributed by atoms with Gasteiger partial charge >= 0.3 is 0 Å². The molecule has 0 aliphatic carbocycles. The molecule has 2 aromatic rings. The summed E-state index contributed by atoms with van der Waals surface area (Å²) in [5.74, 6) is 4.86. The number of amides is 1. The third-order valence-corrected chi connectivity index (χ3v) is 3.41. The number of nitrogens with one attached hydrogen (secondary N) is 1. The molecule has 0 spiro atoms. The average Bonchev–Trinajstić information content (AvgIpc) is 2.82. The highest BCUT2D eigenvalue weighted by Crippen LogP contribution is 2.21. The Bertz CT molecular complexity index is 684. The molecule has 0 atom stereocenters. The largest absolute Gasteiger partial charge is 0.384 e. The molecule has 20 heavy (non-hydrogen) atoms. The molecule has 0 fully saturated rings. The second-order valence-corrected chi connectivity index (χ2v) is 5.51. The van der Waals surface area contributed by atoms with E-state index in [0.717, 1.165) is 0 Å². The van der Waals surface area contributed by atoms with Crippen molar-refractivity contribution >= 4 is 45.6 Å². The van der Waals surface area contributed by atoms with Crippen LogP contribution in [-0.2, 0) is 0 Å². The minimum absolute atomic E-state index is 0.222. The van der Waals surface area contributed by atoms with Gasteiger partial charge in [-0.05, 0) is 18.2 Å². The lowest BCUT2D eigenvalue weighted by molar-refractivity contribution is 0.102. The normalized spacial score (nSPS) is 9.75. The van der Waals surface area contributed by atoms with Gasteiger partial charge in [-0.3, -0.25) is 10.1 Å². The number of aliphatic hydroxyl groups is 1. The van der Waals surface area contributed by atoms with Crippen molar-refractivity contribution in [1.29, 1.82) is 0 Å². The summed E-state index contributed by atoms with van der Waals surface area (Å²) in [5, 5.41) is 12.4. The summed E-state index contributed by atoms with van der Waals surface area (Å²) in [6.45, 7) is -0.222. The Balaban J connectivity index is 2.13. The first-order chi connectivity index (χ1) is 9.58. The second kappa shape index (κ2) is 6.73. The van der Waals surface area contributed by atoms with Gasteiger partial charge in [0.2, 0.25) is 0 Å². The van der Waals surface area contributed by atoms with Crippen molar-refractivity contribution < 1.29 is 9.90 Å². The third-order valence-electron chi connectivity index (χ3n) is 2.14. The van der Waals surface area contributed by atoms with Crippen LogP contribution in [0.2, 0.25) is 10.0 Å². The first-order valence-electron chi connectivity index (χ1n) is 5.41. The zero-order valence-corrected chi connectivity index (χ0v) is 12.3. The molecule has 0 saturated carbocycles. The number of hydrogen-bond acceptors (Lipinski definition) is 4. The van der Waals surface area contributed by atoms with E-state index in [0.29, 0.717) is 25.6 Å². The Hall–Kier alpha value is -1.58. The third kappa shape index (κ3) is 3.95. The molecular formula is C13H8Cl2N2O2S. The highest BCUT2D eigenvalue weighted by Gasteiger charge is 2.10. The van der Waals surface area contributed by atoms with E-state index in [4.69, 9.17) is 28.3 Å². The smallest absolute Gasteiger partial charge is 0.257 e. The quantitative estimate of drug-likeness (QED) is 0.834. The zero-order chi connectivity index (χ0) is 14.5. The highest BCUT2D eigenvalue weighted by molar-refractivity contribution is 7.16. The number of benzene rings is 1. The van der Waals surface area contributed by atoms with Gasteiger partial charge in [0.15, 0.2) is 5.13 Å². The summed E-state index contributed by atoms with van der Waals surface area (Å²) >= 11 is 12.9. The van der Waals surface area contributed by atoms with Crippen molar-refractivity contribution in [2.24, 2.45) is 0 Å². The van der Waals surface area contributed by atoms with Gasteiger partial charge in [0.1, 0.15) is 6.61 Å². The van der Waals surface area contributed by atoms with E-state index in [2.05, 4.69) is 22.1 Å². The van der Waals surface area contributed by atoms with E-state index >= 15 is 0 Å². The fraction of sp³-hybridized carbons (Fsp3) is 0.0769. The maximum atomic E-state index is 12.0. The van der Waals surface area contributed by atoms with Crippen molar-refractivity contribution in [2.75, 3.05) is 11.9 Å². The Kier molecular flexibility index (Phi) is 4.99. The van der Waals surface area contributed by atoms with Crippen LogP contribution < -0.4 is 5.32 Å². The zero-order valence-electron chi connectivity index (χ0n) is 9.98. The molecular weight excluding hydrogens is 319 g/mol. The molecule has 0 radical (unpaired) electrons. The Morgan fingerprint density at radius 3 is 2.70 bits per heavy atom. The molecule has 2 rings (SSSR count). The van der Waals surface area contributed by atoms with Gasteiger partial charge in [-0.15, -0.1) is 0 Å². The SMILES string of the molecule is O=C(Nc1ncc(C#CCO)s1)c1cc(Cl)cc(Cl)c1. The van der Waals surface area contributed by atoms with Crippen molar-refractivity contribution in [3.8, 4) is 11.8 Å². The van der Waals surface area contributed by atoms with Crippen molar-refractivity contribution in [3.63, 3.8) is 0 Å². The monoisotopic (exact) mass is 326 g/mol. The summed E-state index contributed by atoms with van der Waals surface area (Å²) in [6.07, 6.45) is 1.52. The minimum atomic E-state index is -0.356. The molecule has 0 aliphatic heterocycles. The van der Waals surface area contributed by atoms with Gasteiger partial charge in [0.25, 0.3) is 5.91 Å². The number of carbonyl (C=O) groups excluding carboxylic acids is 1. The molecule has 1 aromatic heterocycles. The van der Waals surface area contributed by atoms with Gasteiger partial charge in [-0.1, -0.05) is 46.4 Å². The highest BCUT2D eigenvalue weighted by atomic mass is 35.5. The number of halogens is 2. The molecule has 7 heteroatoms. The van der Waals surface area contributed by atoms with Crippen LogP contribution in [0.15, 0.2) is 24.4 Å². The lowest BCUT2D eigenvalue weighted by Crippen LogP contribution is -2.11. The Morgan fingerprint density at radius 2 is 2.05 bits per heavy atom. The molecule has 0 bridgehead atoms. The Morgan fingerprint density at radius 1 is 1.35 bits per heavy atom. The van der Waals surface area contributed by atoms with Crippen molar-refractivity contribution in [3.05, 3.63) is 44.9 Å². The number of anilines is 1. The van der Waals surface area contributed by atoms with Gasteiger partial charge in [0.05, 0.1) is 11.1 Å². The van der Waals surface area contributed by atoms with Crippen molar-refractivity contribution in [1.82, 2.24) is 4.98 Å². The number of rotatable bonds is 2. The molecule has 0 aliphatic rings. The van der Waals surface area contributed by atoms with Crippen molar-refractivity contribution in [2.45, 2.75) is 0 Å². The molecule has 1 aromatic carbocycles. The van der Waals surface area contributed by atoms with Crippen LogP contribution in [-0.4, -0.2) is 22.6 Å². The van der Waals surface area contributed by atoms with Gasteiger partial charge in [0, 0.05) is 15.6 Å². The molecule has 1 amide bonds. The average molecular weight is 327 g/mol. The van der Waals surface area contributed by atoms with Crippen LogP contribution in [0.1, 0.15) is 15.2 Å².